The molecule has 6 nitrogen and oxygen atoms in total. The van der Waals surface area contributed by atoms with Crippen molar-refractivity contribution < 1.29 is 18.7 Å². The summed E-state index contributed by atoms with van der Waals surface area (Å²) < 4.78 is 25.0. The zero-order chi connectivity index (χ0) is 26.5. The molecule has 1 aliphatic carbocycles. The lowest BCUT2D eigenvalue weighted by atomic mass is 9.79. The van der Waals surface area contributed by atoms with Crippen LogP contribution in [0.15, 0.2) is 42.5 Å². The van der Waals surface area contributed by atoms with E-state index in [1.807, 2.05) is 35.2 Å². The van der Waals surface area contributed by atoms with E-state index < -0.39 is 0 Å². The SMILES string of the molecule is COc1ccc(CNCC2(N3CCN(C(=O)[C@@H]4COC[C@H]4c4ccc(Cl)cc4)CC3)CCCCC2)cc1F. The minimum atomic E-state index is -0.328. The minimum absolute atomic E-state index is 0.0782. The van der Waals surface area contributed by atoms with Crippen molar-refractivity contribution in [1.29, 1.82) is 0 Å². The number of rotatable bonds is 8. The van der Waals surface area contributed by atoms with E-state index in [0.29, 0.717) is 24.8 Å². The van der Waals surface area contributed by atoms with Crippen LogP contribution in [0.5, 0.6) is 5.75 Å². The van der Waals surface area contributed by atoms with Crippen molar-refractivity contribution in [3.05, 3.63) is 64.4 Å². The van der Waals surface area contributed by atoms with Crippen LogP contribution in [-0.4, -0.2) is 74.3 Å². The van der Waals surface area contributed by atoms with Crippen LogP contribution < -0.4 is 10.1 Å². The van der Waals surface area contributed by atoms with Gasteiger partial charge in [0.1, 0.15) is 0 Å². The lowest BCUT2D eigenvalue weighted by Gasteiger charge is -2.50. The van der Waals surface area contributed by atoms with Crippen molar-refractivity contribution in [3.63, 3.8) is 0 Å². The van der Waals surface area contributed by atoms with E-state index in [9.17, 15) is 9.18 Å². The van der Waals surface area contributed by atoms with Gasteiger partial charge in [-0.25, -0.2) is 4.39 Å². The first kappa shape index (κ1) is 27.4. The molecule has 2 saturated heterocycles. The van der Waals surface area contributed by atoms with Gasteiger partial charge in [0.2, 0.25) is 5.91 Å². The van der Waals surface area contributed by atoms with Gasteiger partial charge in [-0.1, -0.05) is 49.1 Å². The van der Waals surface area contributed by atoms with Crippen molar-refractivity contribution >= 4 is 17.5 Å². The lowest BCUT2D eigenvalue weighted by Crippen LogP contribution is -2.62. The maximum atomic E-state index is 14.1. The number of halogens is 2. The third kappa shape index (κ3) is 6.01. The largest absolute Gasteiger partial charge is 0.494 e. The molecule has 0 unspecified atom stereocenters. The zero-order valence-corrected chi connectivity index (χ0v) is 23.0. The molecule has 1 amide bonds. The molecule has 5 rings (SSSR count). The molecule has 8 heteroatoms. The predicted molar refractivity (Wildman–Crippen MR) is 147 cm³/mol. The van der Waals surface area contributed by atoms with Gasteiger partial charge in [0.15, 0.2) is 11.6 Å². The normalized spacial score (nSPS) is 23.9. The quantitative estimate of drug-likeness (QED) is 0.515. The Morgan fingerprint density at radius 3 is 2.50 bits per heavy atom. The molecule has 38 heavy (non-hydrogen) atoms. The van der Waals surface area contributed by atoms with E-state index in [2.05, 4.69) is 10.2 Å². The topological polar surface area (TPSA) is 54.0 Å². The Labute approximate surface area is 230 Å². The van der Waals surface area contributed by atoms with Crippen LogP contribution >= 0.6 is 11.6 Å². The Hall–Kier alpha value is -2.19. The van der Waals surface area contributed by atoms with Gasteiger partial charge < -0.3 is 19.7 Å². The average Bonchev–Trinajstić information content (AvgIpc) is 3.44. The van der Waals surface area contributed by atoms with E-state index in [0.717, 1.165) is 56.7 Å². The molecule has 2 atom stereocenters. The Morgan fingerprint density at radius 2 is 1.82 bits per heavy atom. The highest BCUT2D eigenvalue weighted by atomic mass is 35.5. The summed E-state index contributed by atoms with van der Waals surface area (Å²) in [6, 6.07) is 13.0. The molecule has 2 heterocycles. The number of methoxy groups -OCH3 is 1. The maximum absolute atomic E-state index is 14.1. The number of carbonyl (C=O) groups excluding carboxylic acids is 1. The summed E-state index contributed by atoms with van der Waals surface area (Å²) in [4.78, 5) is 18.2. The van der Waals surface area contributed by atoms with Gasteiger partial charge in [-0.05, 0) is 48.2 Å². The predicted octanol–water partition coefficient (Wildman–Crippen LogP) is 4.85. The molecular formula is C30H39ClFN3O3. The number of nitrogens with zero attached hydrogens (tertiary/aromatic N) is 2. The smallest absolute Gasteiger partial charge is 0.228 e. The van der Waals surface area contributed by atoms with Crippen molar-refractivity contribution in [2.45, 2.75) is 50.1 Å². The van der Waals surface area contributed by atoms with Crippen molar-refractivity contribution in [2.24, 2.45) is 5.92 Å². The maximum Gasteiger partial charge on any atom is 0.228 e. The average molecular weight is 544 g/mol. The van der Waals surface area contributed by atoms with Gasteiger partial charge in [-0.3, -0.25) is 9.69 Å². The standard InChI is InChI=1S/C30H39ClFN3O3/c1-37-28-10-5-22(17-27(28)32)18-33-21-30(11-3-2-4-12-30)35-15-13-34(14-16-35)29(36)26-20-38-19-25(26)23-6-8-24(31)9-7-23/h5-10,17,25-26,33H,2-4,11-16,18-21H2,1H3/t25-,26+/m0/s1. The first-order valence-electron chi connectivity index (χ1n) is 13.9. The Bertz CT molecular complexity index is 1080. The highest BCUT2D eigenvalue weighted by molar-refractivity contribution is 6.30. The monoisotopic (exact) mass is 543 g/mol. The van der Waals surface area contributed by atoms with Crippen LogP contribution in [0.1, 0.15) is 49.1 Å². The second-order valence-electron chi connectivity index (χ2n) is 11.0. The van der Waals surface area contributed by atoms with E-state index in [1.54, 1.807) is 12.1 Å². The Morgan fingerprint density at radius 1 is 1.08 bits per heavy atom. The zero-order valence-electron chi connectivity index (χ0n) is 22.3. The van der Waals surface area contributed by atoms with Crippen molar-refractivity contribution in [2.75, 3.05) is 53.0 Å². The van der Waals surface area contributed by atoms with Crippen LogP contribution in [0.3, 0.4) is 0 Å². The molecular weight excluding hydrogens is 505 g/mol. The summed E-state index contributed by atoms with van der Waals surface area (Å²) in [5.74, 6) is 0.0892. The molecule has 2 aromatic carbocycles. The number of benzene rings is 2. The Kier molecular flexibility index (Phi) is 8.88. The van der Waals surface area contributed by atoms with Gasteiger partial charge in [0.05, 0.1) is 26.2 Å². The summed E-state index contributed by atoms with van der Waals surface area (Å²) in [5, 5.41) is 4.33. The summed E-state index contributed by atoms with van der Waals surface area (Å²) >= 11 is 6.07. The molecule has 0 aromatic heterocycles. The molecule has 1 N–H and O–H groups in total. The first-order valence-corrected chi connectivity index (χ1v) is 14.3. The number of amides is 1. The number of carbonyl (C=O) groups is 1. The van der Waals surface area contributed by atoms with Crippen molar-refractivity contribution in [1.82, 2.24) is 15.1 Å². The fourth-order valence-corrected chi connectivity index (χ4v) is 6.67. The molecule has 206 valence electrons. The van der Waals surface area contributed by atoms with E-state index in [-0.39, 0.29) is 34.8 Å². The van der Waals surface area contributed by atoms with Gasteiger partial charge in [-0.2, -0.15) is 0 Å². The highest BCUT2D eigenvalue weighted by Crippen LogP contribution is 2.36. The van der Waals surface area contributed by atoms with Crippen LogP contribution in [-0.2, 0) is 16.1 Å². The van der Waals surface area contributed by atoms with Gasteiger partial charge in [-0.15, -0.1) is 0 Å². The molecule has 3 fully saturated rings. The van der Waals surface area contributed by atoms with E-state index >= 15 is 0 Å². The van der Waals surface area contributed by atoms with Gasteiger partial charge >= 0.3 is 0 Å². The van der Waals surface area contributed by atoms with E-state index in [4.69, 9.17) is 21.1 Å². The van der Waals surface area contributed by atoms with Gasteiger partial charge in [0, 0.05) is 55.7 Å². The van der Waals surface area contributed by atoms with E-state index in [1.165, 1.54) is 26.4 Å². The summed E-state index contributed by atoms with van der Waals surface area (Å²) in [5.41, 5.74) is 2.12. The third-order valence-corrected chi connectivity index (χ3v) is 8.99. The van der Waals surface area contributed by atoms with Crippen LogP contribution in [0.4, 0.5) is 4.39 Å². The van der Waals surface area contributed by atoms with Crippen LogP contribution in [0.25, 0.3) is 0 Å². The molecule has 1 saturated carbocycles. The fraction of sp³-hybridized carbons (Fsp3) is 0.567. The second-order valence-corrected chi connectivity index (χ2v) is 11.4. The number of nitrogens with one attached hydrogen (secondary N) is 1. The second kappa shape index (κ2) is 12.3. The van der Waals surface area contributed by atoms with Crippen molar-refractivity contribution in [3.8, 4) is 5.75 Å². The van der Waals surface area contributed by atoms with Crippen LogP contribution in [0.2, 0.25) is 5.02 Å². The molecule has 0 bridgehead atoms. The fourth-order valence-electron chi connectivity index (χ4n) is 6.55. The number of piperazine rings is 1. The lowest BCUT2D eigenvalue weighted by molar-refractivity contribution is -0.139. The molecule has 0 spiro atoms. The highest BCUT2D eigenvalue weighted by Gasteiger charge is 2.42. The number of hydrogen-bond acceptors (Lipinski definition) is 5. The first-order chi connectivity index (χ1) is 18.5. The van der Waals surface area contributed by atoms with Gasteiger partial charge in [0.25, 0.3) is 0 Å². The number of hydrogen-bond donors (Lipinski definition) is 1. The third-order valence-electron chi connectivity index (χ3n) is 8.74. The molecule has 0 radical (unpaired) electrons. The summed E-state index contributed by atoms with van der Waals surface area (Å²) in [6.07, 6.45) is 6.03. The minimum Gasteiger partial charge on any atom is -0.494 e. The summed E-state index contributed by atoms with van der Waals surface area (Å²) in [7, 11) is 1.48. The molecule has 3 aliphatic rings. The summed E-state index contributed by atoms with van der Waals surface area (Å²) in [6.45, 7) is 5.78. The molecule has 2 aliphatic heterocycles. The van der Waals surface area contributed by atoms with Crippen LogP contribution in [0, 0.1) is 11.7 Å². The number of ether oxygens (including phenoxy) is 2. The Balaban J connectivity index is 1.18. The molecule has 2 aromatic rings.